The van der Waals surface area contributed by atoms with Gasteiger partial charge in [-0.1, -0.05) is 13.0 Å². The molecule has 1 aromatic rings. The standard InChI is InChI=1S/C16H24FNO2/c1-3-10-20-13-6-5-9-18(11-13)15-8-4-7-14(17)16(15)12(2)19/h4,7-8,12-13,19H,3,5-6,9-11H2,1-2H3. The topological polar surface area (TPSA) is 32.7 Å². The third-order valence-corrected chi connectivity index (χ3v) is 3.72. The van der Waals surface area contributed by atoms with E-state index in [0.29, 0.717) is 5.56 Å². The molecule has 1 aliphatic heterocycles. The molecule has 0 spiro atoms. The Hall–Kier alpha value is -1.13. The van der Waals surface area contributed by atoms with E-state index < -0.39 is 6.10 Å². The molecule has 1 N–H and O–H groups in total. The number of nitrogens with zero attached hydrogens (tertiary/aromatic N) is 1. The monoisotopic (exact) mass is 281 g/mol. The average Bonchev–Trinajstić information content (AvgIpc) is 2.44. The third kappa shape index (κ3) is 3.49. The van der Waals surface area contributed by atoms with Crippen LogP contribution >= 0.6 is 0 Å². The molecule has 1 aliphatic rings. The van der Waals surface area contributed by atoms with Gasteiger partial charge in [-0.05, 0) is 38.3 Å². The zero-order valence-electron chi connectivity index (χ0n) is 12.3. The predicted molar refractivity (Wildman–Crippen MR) is 78.5 cm³/mol. The average molecular weight is 281 g/mol. The molecule has 0 bridgehead atoms. The number of hydrogen-bond donors (Lipinski definition) is 1. The van der Waals surface area contributed by atoms with Crippen molar-refractivity contribution in [2.45, 2.75) is 45.3 Å². The minimum absolute atomic E-state index is 0.203. The summed E-state index contributed by atoms with van der Waals surface area (Å²) in [6.45, 7) is 6.12. The van der Waals surface area contributed by atoms with Gasteiger partial charge in [-0.15, -0.1) is 0 Å². The Balaban J connectivity index is 2.16. The summed E-state index contributed by atoms with van der Waals surface area (Å²) in [6.07, 6.45) is 2.49. The van der Waals surface area contributed by atoms with Crippen molar-refractivity contribution in [2.75, 3.05) is 24.6 Å². The Kier molecular flexibility index (Phi) is 5.38. The zero-order chi connectivity index (χ0) is 14.5. The van der Waals surface area contributed by atoms with Crippen LogP contribution in [0.25, 0.3) is 0 Å². The zero-order valence-corrected chi connectivity index (χ0v) is 12.3. The van der Waals surface area contributed by atoms with E-state index in [1.54, 1.807) is 13.0 Å². The van der Waals surface area contributed by atoms with Crippen LogP contribution in [-0.2, 0) is 4.74 Å². The summed E-state index contributed by atoms with van der Waals surface area (Å²) in [5.74, 6) is -0.339. The number of piperidine rings is 1. The molecule has 2 atom stereocenters. The fourth-order valence-electron chi connectivity index (χ4n) is 2.79. The number of hydrogen-bond acceptors (Lipinski definition) is 3. The fraction of sp³-hybridized carbons (Fsp3) is 0.625. The first-order valence-corrected chi connectivity index (χ1v) is 7.46. The van der Waals surface area contributed by atoms with Gasteiger partial charge in [0, 0.05) is 30.9 Å². The van der Waals surface area contributed by atoms with Crippen molar-refractivity contribution in [1.82, 2.24) is 0 Å². The van der Waals surface area contributed by atoms with Crippen LogP contribution in [0.1, 0.15) is 44.8 Å². The van der Waals surface area contributed by atoms with Crippen LogP contribution in [0.2, 0.25) is 0 Å². The lowest BCUT2D eigenvalue weighted by atomic mass is 10.0. The lowest BCUT2D eigenvalue weighted by molar-refractivity contribution is 0.0439. The van der Waals surface area contributed by atoms with Crippen molar-refractivity contribution >= 4 is 5.69 Å². The second kappa shape index (κ2) is 7.04. The van der Waals surface area contributed by atoms with Crippen molar-refractivity contribution in [3.05, 3.63) is 29.6 Å². The molecule has 112 valence electrons. The lowest BCUT2D eigenvalue weighted by Gasteiger charge is -2.35. The molecule has 0 aliphatic carbocycles. The van der Waals surface area contributed by atoms with E-state index in [2.05, 4.69) is 11.8 Å². The molecular formula is C16H24FNO2. The predicted octanol–water partition coefficient (Wildman–Crippen LogP) is 3.27. The van der Waals surface area contributed by atoms with Crippen LogP contribution in [0.4, 0.5) is 10.1 Å². The summed E-state index contributed by atoms with van der Waals surface area (Å²) >= 11 is 0. The fourth-order valence-corrected chi connectivity index (χ4v) is 2.79. The summed E-state index contributed by atoms with van der Waals surface area (Å²) < 4.78 is 19.8. The highest BCUT2D eigenvalue weighted by Crippen LogP contribution is 2.31. The minimum atomic E-state index is -0.803. The Morgan fingerprint density at radius 1 is 1.50 bits per heavy atom. The van der Waals surface area contributed by atoms with Gasteiger partial charge in [0.2, 0.25) is 0 Å². The molecule has 1 fully saturated rings. The first kappa shape index (κ1) is 15.3. The highest BCUT2D eigenvalue weighted by atomic mass is 19.1. The van der Waals surface area contributed by atoms with Gasteiger partial charge in [0.25, 0.3) is 0 Å². The molecule has 3 nitrogen and oxygen atoms in total. The van der Waals surface area contributed by atoms with Gasteiger partial charge in [-0.2, -0.15) is 0 Å². The molecule has 0 radical (unpaired) electrons. The van der Waals surface area contributed by atoms with Crippen molar-refractivity contribution in [3.8, 4) is 0 Å². The van der Waals surface area contributed by atoms with E-state index in [4.69, 9.17) is 4.74 Å². The van der Waals surface area contributed by atoms with Crippen LogP contribution in [-0.4, -0.2) is 30.9 Å². The smallest absolute Gasteiger partial charge is 0.131 e. The van der Waals surface area contributed by atoms with Crippen LogP contribution in [0.15, 0.2) is 18.2 Å². The molecule has 1 heterocycles. The molecule has 0 amide bonds. The Bertz CT molecular complexity index is 436. The summed E-state index contributed by atoms with van der Waals surface area (Å²) in [5, 5.41) is 9.83. The summed E-state index contributed by atoms with van der Waals surface area (Å²) in [6, 6.07) is 4.99. The molecule has 0 aromatic heterocycles. The minimum Gasteiger partial charge on any atom is -0.389 e. The second-order valence-corrected chi connectivity index (χ2v) is 5.43. The number of benzene rings is 1. The normalized spacial score (nSPS) is 21.0. The third-order valence-electron chi connectivity index (χ3n) is 3.72. The van der Waals surface area contributed by atoms with Gasteiger partial charge in [0.15, 0.2) is 0 Å². The van der Waals surface area contributed by atoms with Gasteiger partial charge < -0.3 is 14.7 Å². The second-order valence-electron chi connectivity index (χ2n) is 5.43. The number of halogens is 1. The number of aliphatic hydroxyl groups is 1. The van der Waals surface area contributed by atoms with E-state index in [1.165, 1.54) is 6.07 Å². The largest absolute Gasteiger partial charge is 0.389 e. The Morgan fingerprint density at radius 2 is 2.30 bits per heavy atom. The van der Waals surface area contributed by atoms with Crippen molar-refractivity contribution in [3.63, 3.8) is 0 Å². The Morgan fingerprint density at radius 3 is 3.00 bits per heavy atom. The number of anilines is 1. The molecule has 20 heavy (non-hydrogen) atoms. The highest BCUT2D eigenvalue weighted by molar-refractivity contribution is 5.55. The van der Waals surface area contributed by atoms with E-state index in [1.807, 2.05) is 6.07 Å². The van der Waals surface area contributed by atoms with Crippen molar-refractivity contribution < 1.29 is 14.2 Å². The molecule has 0 saturated carbocycles. The summed E-state index contributed by atoms with van der Waals surface area (Å²) in [5.41, 5.74) is 1.19. The van der Waals surface area contributed by atoms with E-state index >= 15 is 0 Å². The molecule has 4 heteroatoms. The van der Waals surface area contributed by atoms with Gasteiger partial charge in [-0.25, -0.2) is 4.39 Å². The summed E-state index contributed by atoms with van der Waals surface area (Å²) in [7, 11) is 0. The van der Waals surface area contributed by atoms with Crippen LogP contribution in [0, 0.1) is 5.82 Å². The molecule has 2 rings (SSSR count). The maximum atomic E-state index is 13.9. The summed E-state index contributed by atoms with van der Waals surface area (Å²) in [4.78, 5) is 2.13. The maximum Gasteiger partial charge on any atom is 0.131 e. The van der Waals surface area contributed by atoms with Crippen molar-refractivity contribution in [1.29, 1.82) is 0 Å². The van der Waals surface area contributed by atoms with Crippen LogP contribution in [0.3, 0.4) is 0 Å². The SMILES string of the molecule is CCCOC1CCCN(c2cccc(F)c2C(C)O)C1. The first-order valence-electron chi connectivity index (χ1n) is 7.46. The van der Waals surface area contributed by atoms with Gasteiger partial charge in [0.1, 0.15) is 5.82 Å². The number of aliphatic hydroxyl groups excluding tert-OH is 1. The quantitative estimate of drug-likeness (QED) is 0.899. The molecule has 1 saturated heterocycles. The van der Waals surface area contributed by atoms with Crippen molar-refractivity contribution in [2.24, 2.45) is 0 Å². The lowest BCUT2D eigenvalue weighted by Crippen LogP contribution is -2.40. The molecule has 2 unspecified atom stereocenters. The number of rotatable bonds is 5. The van der Waals surface area contributed by atoms with Crippen LogP contribution < -0.4 is 4.90 Å². The highest BCUT2D eigenvalue weighted by Gasteiger charge is 2.24. The van der Waals surface area contributed by atoms with E-state index in [0.717, 1.165) is 44.6 Å². The van der Waals surface area contributed by atoms with E-state index in [-0.39, 0.29) is 11.9 Å². The molecular weight excluding hydrogens is 257 g/mol. The van der Waals surface area contributed by atoms with Gasteiger partial charge in [-0.3, -0.25) is 0 Å². The maximum absolute atomic E-state index is 13.9. The van der Waals surface area contributed by atoms with E-state index in [9.17, 15) is 9.50 Å². The van der Waals surface area contributed by atoms with Gasteiger partial charge >= 0.3 is 0 Å². The first-order chi connectivity index (χ1) is 9.63. The van der Waals surface area contributed by atoms with Gasteiger partial charge in [0.05, 0.1) is 12.2 Å². The van der Waals surface area contributed by atoms with Crippen LogP contribution in [0.5, 0.6) is 0 Å². The molecule has 1 aromatic carbocycles. The number of ether oxygens (including phenoxy) is 1. The Labute approximate surface area is 120 Å².